The van der Waals surface area contributed by atoms with Crippen LogP contribution in [0.25, 0.3) is 21.9 Å². The lowest BCUT2D eigenvalue weighted by Gasteiger charge is -2.08. The van der Waals surface area contributed by atoms with Crippen molar-refractivity contribution in [2.75, 3.05) is 11.9 Å². The first kappa shape index (κ1) is 16.7. The number of nitrogens with one attached hydrogen (secondary N) is 1. The molecule has 26 heavy (non-hydrogen) atoms. The number of carbonyl (C=O) groups is 1. The standard InChI is InChI=1S/C21H21N3O2/c1-3-26-19-10-17(19)21(25)24-20-9-14-4-5-15(8-16(14)11-23-20)18-12-22-7-6-13(18)2/h4-9,11-12,17,19H,3,10H2,1-2H3,(H,23,24,25)/t17-,19-/m0/s1. The van der Waals surface area contributed by atoms with Gasteiger partial charge in [-0.05, 0) is 55.0 Å². The van der Waals surface area contributed by atoms with Crippen molar-refractivity contribution in [1.29, 1.82) is 0 Å². The molecule has 2 atom stereocenters. The fourth-order valence-electron chi connectivity index (χ4n) is 3.21. The molecule has 1 N–H and O–H groups in total. The number of nitrogens with zero attached hydrogens (tertiary/aromatic N) is 2. The molecule has 0 aliphatic heterocycles. The van der Waals surface area contributed by atoms with Crippen LogP contribution in [0.3, 0.4) is 0 Å². The summed E-state index contributed by atoms with van der Waals surface area (Å²) in [5.41, 5.74) is 3.41. The first-order valence-electron chi connectivity index (χ1n) is 8.89. The average Bonchev–Trinajstić information content (AvgIpc) is 3.41. The monoisotopic (exact) mass is 347 g/mol. The van der Waals surface area contributed by atoms with Crippen molar-refractivity contribution < 1.29 is 9.53 Å². The van der Waals surface area contributed by atoms with Gasteiger partial charge in [0.05, 0.1) is 12.0 Å². The number of anilines is 1. The van der Waals surface area contributed by atoms with Crippen molar-refractivity contribution in [1.82, 2.24) is 9.97 Å². The largest absolute Gasteiger partial charge is 0.378 e. The predicted molar refractivity (Wildman–Crippen MR) is 102 cm³/mol. The number of aryl methyl sites for hydroxylation is 1. The Bertz CT molecular complexity index is 970. The molecule has 2 heterocycles. The van der Waals surface area contributed by atoms with E-state index < -0.39 is 0 Å². The molecule has 1 aliphatic carbocycles. The predicted octanol–water partition coefficient (Wildman–Crippen LogP) is 3.97. The third-order valence-electron chi connectivity index (χ3n) is 4.77. The summed E-state index contributed by atoms with van der Waals surface area (Å²) in [6.07, 6.45) is 6.33. The van der Waals surface area contributed by atoms with E-state index in [1.165, 1.54) is 5.56 Å². The SMILES string of the molecule is CCO[C@H]1C[C@@H]1C(=O)Nc1cc2ccc(-c3cnccc3C)cc2cn1. The number of pyridine rings is 2. The Hall–Kier alpha value is -2.79. The highest BCUT2D eigenvalue weighted by atomic mass is 16.5. The highest BCUT2D eigenvalue weighted by molar-refractivity contribution is 5.96. The van der Waals surface area contributed by atoms with Gasteiger partial charge in [0.25, 0.3) is 0 Å². The van der Waals surface area contributed by atoms with Gasteiger partial charge in [0.15, 0.2) is 0 Å². The minimum Gasteiger partial charge on any atom is -0.378 e. The van der Waals surface area contributed by atoms with E-state index in [9.17, 15) is 4.79 Å². The highest BCUT2D eigenvalue weighted by Crippen LogP contribution is 2.35. The number of ether oxygens (including phenoxy) is 1. The Morgan fingerprint density at radius 2 is 2.12 bits per heavy atom. The van der Waals surface area contributed by atoms with Crippen LogP contribution < -0.4 is 5.32 Å². The van der Waals surface area contributed by atoms with Gasteiger partial charge in [0.2, 0.25) is 5.91 Å². The minimum atomic E-state index is -0.0524. The summed E-state index contributed by atoms with van der Waals surface area (Å²) in [4.78, 5) is 20.8. The fraction of sp³-hybridized carbons (Fsp3) is 0.286. The van der Waals surface area contributed by atoms with Crippen molar-refractivity contribution in [3.8, 4) is 11.1 Å². The van der Waals surface area contributed by atoms with Crippen molar-refractivity contribution in [2.24, 2.45) is 5.92 Å². The van der Waals surface area contributed by atoms with Crippen LogP contribution in [-0.4, -0.2) is 28.6 Å². The second-order valence-electron chi connectivity index (χ2n) is 6.65. The molecule has 1 amide bonds. The fourth-order valence-corrected chi connectivity index (χ4v) is 3.21. The van der Waals surface area contributed by atoms with Crippen LogP contribution in [0.4, 0.5) is 5.82 Å². The second-order valence-corrected chi connectivity index (χ2v) is 6.65. The summed E-state index contributed by atoms with van der Waals surface area (Å²) in [6.45, 7) is 4.66. The molecule has 3 aromatic rings. The molecule has 1 aliphatic rings. The van der Waals surface area contributed by atoms with Crippen LogP contribution in [0, 0.1) is 12.8 Å². The van der Waals surface area contributed by atoms with Crippen LogP contribution in [0.1, 0.15) is 18.9 Å². The average molecular weight is 347 g/mol. The molecule has 5 nitrogen and oxygen atoms in total. The summed E-state index contributed by atoms with van der Waals surface area (Å²) >= 11 is 0. The Kier molecular flexibility index (Phi) is 4.39. The van der Waals surface area contributed by atoms with E-state index in [4.69, 9.17) is 4.74 Å². The van der Waals surface area contributed by atoms with Crippen LogP contribution in [0.2, 0.25) is 0 Å². The molecule has 2 aromatic heterocycles. The molecule has 1 fully saturated rings. The lowest BCUT2D eigenvalue weighted by atomic mass is 10.0. The number of amides is 1. The van der Waals surface area contributed by atoms with Crippen LogP contribution >= 0.6 is 0 Å². The minimum absolute atomic E-state index is 0.0158. The van der Waals surface area contributed by atoms with E-state index in [-0.39, 0.29) is 17.9 Å². The molecule has 0 saturated heterocycles. The number of carbonyl (C=O) groups excluding carboxylic acids is 1. The van der Waals surface area contributed by atoms with E-state index in [0.29, 0.717) is 12.4 Å². The molecular formula is C21H21N3O2. The molecule has 4 rings (SSSR count). The van der Waals surface area contributed by atoms with Gasteiger partial charge in [-0.15, -0.1) is 0 Å². The van der Waals surface area contributed by atoms with Gasteiger partial charge in [0.1, 0.15) is 5.82 Å². The topological polar surface area (TPSA) is 64.1 Å². The molecule has 0 radical (unpaired) electrons. The highest BCUT2D eigenvalue weighted by Gasteiger charge is 2.44. The maximum atomic E-state index is 12.2. The first-order chi connectivity index (χ1) is 12.7. The molecule has 1 saturated carbocycles. The van der Waals surface area contributed by atoms with Gasteiger partial charge in [-0.3, -0.25) is 9.78 Å². The van der Waals surface area contributed by atoms with Crippen molar-refractivity contribution in [3.63, 3.8) is 0 Å². The molecule has 0 bridgehead atoms. The maximum absolute atomic E-state index is 12.2. The second kappa shape index (κ2) is 6.84. The van der Waals surface area contributed by atoms with Gasteiger partial charge in [-0.25, -0.2) is 4.98 Å². The summed E-state index contributed by atoms with van der Waals surface area (Å²) in [5.74, 6) is 0.510. The molecule has 1 aromatic carbocycles. The van der Waals surface area contributed by atoms with Crippen LogP contribution in [0.5, 0.6) is 0 Å². The molecule has 0 spiro atoms. The lowest BCUT2D eigenvalue weighted by molar-refractivity contribution is -0.118. The third kappa shape index (κ3) is 3.30. The van der Waals surface area contributed by atoms with Gasteiger partial charge in [0, 0.05) is 36.1 Å². The molecule has 0 unspecified atom stereocenters. The zero-order chi connectivity index (χ0) is 18.1. The normalized spacial score (nSPS) is 18.7. The van der Waals surface area contributed by atoms with Crippen molar-refractivity contribution in [2.45, 2.75) is 26.4 Å². The third-order valence-corrected chi connectivity index (χ3v) is 4.77. The van der Waals surface area contributed by atoms with E-state index in [2.05, 4.69) is 40.4 Å². The summed E-state index contributed by atoms with van der Waals surface area (Å²) in [6, 6.07) is 10.1. The smallest absolute Gasteiger partial charge is 0.231 e. The number of aromatic nitrogens is 2. The molecule has 132 valence electrons. The number of hydrogen-bond donors (Lipinski definition) is 1. The van der Waals surface area contributed by atoms with E-state index in [0.717, 1.165) is 28.3 Å². The lowest BCUT2D eigenvalue weighted by Crippen LogP contribution is -2.17. The Labute approximate surface area is 152 Å². The number of hydrogen-bond acceptors (Lipinski definition) is 4. The Morgan fingerprint density at radius 3 is 2.92 bits per heavy atom. The summed E-state index contributed by atoms with van der Waals surface area (Å²) in [5, 5.41) is 4.97. The first-order valence-corrected chi connectivity index (χ1v) is 8.89. The maximum Gasteiger partial charge on any atom is 0.231 e. The Morgan fingerprint density at radius 1 is 1.23 bits per heavy atom. The molecule has 5 heteroatoms. The van der Waals surface area contributed by atoms with E-state index >= 15 is 0 Å². The van der Waals surface area contributed by atoms with Crippen molar-refractivity contribution in [3.05, 3.63) is 54.5 Å². The number of rotatable bonds is 5. The summed E-state index contributed by atoms with van der Waals surface area (Å²) < 4.78 is 5.47. The summed E-state index contributed by atoms with van der Waals surface area (Å²) in [7, 11) is 0. The quantitative estimate of drug-likeness (QED) is 0.758. The van der Waals surface area contributed by atoms with Gasteiger partial charge >= 0.3 is 0 Å². The Balaban J connectivity index is 1.54. The molecular weight excluding hydrogens is 326 g/mol. The number of benzene rings is 1. The van der Waals surface area contributed by atoms with Gasteiger partial charge < -0.3 is 10.1 Å². The zero-order valence-electron chi connectivity index (χ0n) is 14.9. The van der Waals surface area contributed by atoms with Gasteiger partial charge in [-0.2, -0.15) is 0 Å². The van der Waals surface area contributed by atoms with E-state index in [1.807, 2.05) is 25.3 Å². The van der Waals surface area contributed by atoms with Crippen LogP contribution in [0.15, 0.2) is 48.9 Å². The number of fused-ring (bicyclic) bond motifs is 1. The zero-order valence-corrected chi connectivity index (χ0v) is 14.9. The van der Waals surface area contributed by atoms with Crippen LogP contribution in [-0.2, 0) is 9.53 Å². The van der Waals surface area contributed by atoms with E-state index in [1.54, 1.807) is 12.4 Å². The van der Waals surface area contributed by atoms with Gasteiger partial charge in [-0.1, -0.05) is 12.1 Å². The van der Waals surface area contributed by atoms with Crippen molar-refractivity contribution >= 4 is 22.5 Å².